The van der Waals surface area contributed by atoms with E-state index in [2.05, 4.69) is 251 Å². The van der Waals surface area contributed by atoms with Crippen molar-refractivity contribution in [2.75, 3.05) is 9.80 Å². The van der Waals surface area contributed by atoms with Gasteiger partial charge in [-0.1, -0.05) is 192 Å². The number of benzene rings is 6. The quantitative estimate of drug-likeness (QED) is 0.163. The van der Waals surface area contributed by atoms with Crippen LogP contribution in [0, 0.1) is 0 Å². The second-order valence-corrected chi connectivity index (χ2v) is 26.8. The van der Waals surface area contributed by atoms with Crippen LogP contribution >= 0.6 is 0 Å². The molecule has 0 saturated heterocycles. The van der Waals surface area contributed by atoms with E-state index >= 15 is 0 Å². The lowest BCUT2D eigenvalue weighted by atomic mass is 9.33. The lowest BCUT2D eigenvalue weighted by Crippen LogP contribution is -2.61. The van der Waals surface area contributed by atoms with Gasteiger partial charge in [-0.2, -0.15) is 0 Å². The number of hydrogen-bond donors (Lipinski definition) is 0. The fraction of sp³-hybridized carbons (Fsp3) is 0.429. The molecule has 2 nitrogen and oxygen atoms in total. The van der Waals surface area contributed by atoms with Crippen LogP contribution in [0.5, 0.6) is 0 Å². The van der Waals surface area contributed by atoms with Gasteiger partial charge in [0.2, 0.25) is 0 Å². The van der Waals surface area contributed by atoms with Gasteiger partial charge in [-0.25, -0.2) is 0 Å². The normalized spacial score (nSPS) is 16.5. The first-order valence-electron chi connectivity index (χ1n) is 24.8. The molecule has 0 N–H and O–H groups in total. The molecule has 0 saturated carbocycles. The van der Waals surface area contributed by atoms with Crippen LogP contribution in [0.4, 0.5) is 34.1 Å². The SMILES string of the molecule is CC(C)(C)c1ccc(N2c3ccc(C(C)(C)C)cc3B3c4ccc(C(C)(C)C)cc4N(c4ccc(C(C)(C)C)cc4-c4ccc5c(c4)C(C)(C)CC5(C)C)c4cc(C(C)(C)C)cc2c43)cc1. The molecule has 0 amide bonds. The maximum Gasteiger partial charge on any atom is 0.252 e. The van der Waals surface area contributed by atoms with Crippen LogP contribution in [0.1, 0.15) is 177 Å². The molecule has 2 aliphatic heterocycles. The van der Waals surface area contributed by atoms with Crippen LogP contribution in [-0.2, 0) is 37.9 Å². The van der Waals surface area contributed by atoms with Crippen molar-refractivity contribution >= 4 is 57.2 Å². The summed E-state index contributed by atoms with van der Waals surface area (Å²) in [6.07, 6.45) is 1.14. The Morgan fingerprint density at radius 1 is 0.379 bits per heavy atom. The Balaban J connectivity index is 1.42. The lowest BCUT2D eigenvalue weighted by Gasteiger charge is -2.46. The average Bonchev–Trinajstić information content (AvgIpc) is 3.40. The zero-order valence-corrected chi connectivity index (χ0v) is 44.1. The fourth-order valence-electron chi connectivity index (χ4n) is 11.6. The minimum Gasteiger partial charge on any atom is -0.311 e. The summed E-state index contributed by atoms with van der Waals surface area (Å²) >= 11 is 0. The minimum atomic E-state index is -0.115. The van der Waals surface area contributed by atoms with E-state index in [1.165, 1.54) is 101 Å². The first kappa shape index (κ1) is 46.1. The molecule has 0 radical (unpaired) electrons. The van der Waals surface area contributed by atoms with Crippen molar-refractivity contribution < 1.29 is 0 Å². The molecule has 0 atom stereocenters. The Morgan fingerprint density at radius 2 is 0.848 bits per heavy atom. The Bertz CT molecular complexity index is 2910. The molecule has 9 rings (SSSR count). The first-order valence-corrected chi connectivity index (χ1v) is 24.8. The van der Waals surface area contributed by atoms with Crippen LogP contribution < -0.4 is 26.2 Å². The lowest BCUT2D eigenvalue weighted by molar-refractivity contribution is 0.403. The van der Waals surface area contributed by atoms with Crippen LogP contribution in [-0.4, -0.2) is 6.71 Å². The predicted octanol–water partition coefficient (Wildman–Crippen LogP) is 15.9. The molecule has 0 fully saturated rings. The van der Waals surface area contributed by atoms with Gasteiger partial charge in [0.1, 0.15) is 0 Å². The Kier molecular flexibility index (Phi) is 10.3. The zero-order valence-electron chi connectivity index (χ0n) is 44.1. The van der Waals surface area contributed by atoms with E-state index in [9.17, 15) is 0 Å². The average molecular weight is 873 g/mol. The van der Waals surface area contributed by atoms with Crippen molar-refractivity contribution in [3.8, 4) is 11.1 Å². The van der Waals surface area contributed by atoms with E-state index in [4.69, 9.17) is 0 Å². The largest absolute Gasteiger partial charge is 0.311 e. The summed E-state index contributed by atoms with van der Waals surface area (Å²) in [6, 6.07) is 44.2. The van der Waals surface area contributed by atoms with E-state index in [0.717, 1.165) is 6.42 Å². The third-order valence-corrected chi connectivity index (χ3v) is 15.4. The summed E-state index contributed by atoms with van der Waals surface area (Å²) in [5.41, 5.74) is 23.9. The van der Waals surface area contributed by atoms with Gasteiger partial charge >= 0.3 is 0 Å². The number of nitrogens with zero attached hydrogens (tertiary/aromatic N) is 2. The van der Waals surface area contributed by atoms with Crippen molar-refractivity contribution in [1.82, 2.24) is 0 Å². The summed E-state index contributed by atoms with van der Waals surface area (Å²) in [4.78, 5) is 5.29. The summed E-state index contributed by atoms with van der Waals surface area (Å²) in [5, 5.41) is 0. The summed E-state index contributed by atoms with van der Waals surface area (Å²) in [6.45, 7) is 45.0. The summed E-state index contributed by atoms with van der Waals surface area (Å²) < 4.78 is 0. The molecule has 0 aromatic heterocycles. The molecular weight excluding hydrogens is 796 g/mol. The standard InChI is InChI=1S/C63H77BN2/c1-57(2,3)40-21-26-45(27-22-40)65-52-31-25-42(59(7,8)9)34-50(52)64-49-29-23-43(60(10,11)12)35-53(49)66(55-37-44(61(13,14)15)36-54(65)56(55)64)51-30-24-41(58(4,5)6)33-46(51)39-20-28-47-48(32-39)63(18,19)38-62(47,16)17/h20-37H,38H2,1-19H3. The molecule has 1 aliphatic carbocycles. The third kappa shape index (κ3) is 7.65. The Labute approximate surface area is 400 Å². The second kappa shape index (κ2) is 14.7. The van der Waals surface area contributed by atoms with Crippen LogP contribution in [0.25, 0.3) is 11.1 Å². The molecule has 0 unspecified atom stereocenters. The molecule has 0 bridgehead atoms. The number of rotatable bonds is 3. The minimum absolute atomic E-state index is 0.0175. The van der Waals surface area contributed by atoms with Crippen molar-refractivity contribution in [2.45, 2.75) is 176 Å². The number of fused-ring (bicyclic) bond motifs is 5. The highest BCUT2D eigenvalue weighted by atomic mass is 15.2. The van der Waals surface area contributed by atoms with E-state index in [1.54, 1.807) is 0 Å². The van der Waals surface area contributed by atoms with Gasteiger partial charge in [0.15, 0.2) is 0 Å². The number of hydrogen-bond acceptors (Lipinski definition) is 2. The van der Waals surface area contributed by atoms with E-state index in [-0.39, 0.29) is 44.6 Å². The van der Waals surface area contributed by atoms with Gasteiger partial charge in [0.05, 0.1) is 5.69 Å². The fourth-order valence-corrected chi connectivity index (χ4v) is 11.6. The molecule has 3 heteroatoms. The summed E-state index contributed by atoms with van der Waals surface area (Å²) in [7, 11) is 0. The molecule has 6 aromatic carbocycles. The van der Waals surface area contributed by atoms with Crippen molar-refractivity contribution in [2.24, 2.45) is 0 Å². The molecule has 6 aromatic rings. The van der Waals surface area contributed by atoms with Crippen LogP contribution in [0.2, 0.25) is 0 Å². The Hall–Kier alpha value is -5.02. The van der Waals surface area contributed by atoms with E-state index < -0.39 is 0 Å². The van der Waals surface area contributed by atoms with Gasteiger partial charge in [-0.3, -0.25) is 0 Å². The van der Waals surface area contributed by atoms with Crippen LogP contribution in [0.15, 0.2) is 109 Å². The highest BCUT2D eigenvalue weighted by Crippen LogP contribution is 2.53. The van der Waals surface area contributed by atoms with Gasteiger partial charge in [0, 0.05) is 34.0 Å². The van der Waals surface area contributed by atoms with Crippen molar-refractivity contribution in [1.29, 1.82) is 0 Å². The topological polar surface area (TPSA) is 6.48 Å². The van der Waals surface area contributed by atoms with Crippen molar-refractivity contribution in [3.05, 3.63) is 148 Å². The van der Waals surface area contributed by atoms with E-state index in [0.29, 0.717) is 0 Å². The molecule has 342 valence electrons. The van der Waals surface area contributed by atoms with Gasteiger partial charge in [0.25, 0.3) is 6.71 Å². The second-order valence-electron chi connectivity index (χ2n) is 26.8. The Morgan fingerprint density at radius 3 is 1.42 bits per heavy atom. The van der Waals surface area contributed by atoms with Crippen molar-refractivity contribution in [3.63, 3.8) is 0 Å². The first-order chi connectivity index (χ1) is 30.4. The van der Waals surface area contributed by atoms with Gasteiger partial charge in [-0.05, 0) is 154 Å². The zero-order chi connectivity index (χ0) is 48.1. The smallest absolute Gasteiger partial charge is 0.252 e. The maximum atomic E-state index is 2.69. The molecule has 3 aliphatic rings. The molecule has 0 spiro atoms. The molecule has 66 heavy (non-hydrogen) atoms. The predicted molar refractivity (Wildman–Crippen MR) is 290 cm³/mol. The maximum absolute atomic E-state index is 2.69. The summed E-state index contributed by atoms with van der Waals surface area (Å²) in [5.74, 6) is 0. The number of anilines is 6. The monoisotopic (exact) mass is 873 g/mol. The third-order valence-electron chi connectivity index (χ3n) is 15.4. The molecule has 2 heterocycles. The van der Waals surface area contributed by atoms with Crippen LogP contribution in [0.3, 0.4) is 0 Å². The molecular formula is C63H77BN2. The van der Waals surface area contributed by atoms with Gasteiger partial charge in [-0.15, -0.1) is 0 Å². The van der Waals surface area contributed by atoms with E-state index in [1.807, 2.05) is 0 Å². The highest BCUT2D eigenvalue weighted by molar-refractivity contribution is 7.00. The van der Waals surface area contributed by atoms with Gasteiger partial charge < -0.3 is 9.80 Å². The highest BCUT2D eigenvalue weighted by Gasteiger charge is 2.46.